The molecule has 1 aromatic heterocycles. The highest BCUT2D eigenvalue weighted by atomic mass is 35.5. The first-order valence-corrected chi connectivity index (χ1v) is 5.63. The lowest BCUT2D eigenvalue weighted by molar-refractivity contribution is 0.0697. The highest BCUT2D eigenvalue weighted by Crippen LogP contribution is 2.36. The number of benzene rings is 1. The number of aromatic carboxylic acids is 1. The van der Waals surface area contributed by atoms with Gasteiger partial charge < -0.3 is 10.8 Å². The number of nitrogens with one attached hydrogen (secondary N) is 1. The number of aromatic amines is 1. The number of nitrogens with two attached hydrogens (primary N) is 1. The minimum absolute atomic E-state index is 0.0504. The summed E-state index contributed by atoms with van der Waals surface area (Å²) in [4.78, 5) is 15.3. The van der Waals surface area contributed by atoms with E-state index in [4.69, 9.17) is 22.4 Å². The van der Waals surface area contributed by atoms with Crippen LogP contribution in [0, 0.1) is 0 Å². The second kappa shape index (κ2) is 4.64. The van der Waals surface area contributed by atoms with Crippen molar-refractivity contribution < 1.29 is 9.90 Å². The summed E-state index contributed by atoms with van der Waals surface area (Å²) in [7, 11) is 0. The van der Waals surface area contributed by atoms with Gasteiger partial charge in [-0.1, -0.05) is 11.6 Å². The Morgan fingerprint density at radius 2 is 2.29 bits per heavy atom. The van der Waals surface area contributed by atoms with E-state index in [2.05, 4.69) is 15.2 Å². The van der Waals surface area contributed by atoms with Crippen molar-refractivity contribution in [2.45, 2.75) is 10.1 Å². The molecule has 1 heterocycles. The fourth-order valence-electron chi connectivity index (χ4n) is 1.19. The molecule has 0 spiro atoms. The Hall–Kier alpha value is -1.73. The number of carboxylic acid groups (broad SMARTS) is 1. The third kappa shape index (κ3) is 2.51. The Labute approximate surface area is 105 Å². The summed E-state index contributed by atoms with van der Waals surface area (Å²) in [5, 5.41) is 16.0. The zero-order chi connectivity index (χ0) is 12.4. The van der Waals surface area contributed by atoms with Gasteiger partial charge in [0, 0.05) is 5.69 Å². The maximum atomic E-state index is 10.8. The highest BCUT2D eigenvalue weighted by Gasteiger charge is 2.13. The van der Waals surface area contributed by atoms with Gasteiger partial charge in [0.1, 0.15) is 6.33 Å². The van der Waals surface area contributed by atoms with E-state index >= 15 is 0 Å². The van der Waals surface area contributed by atoms with Crippen LogP contribution in [0.3, 0.4) is 0 Å². The molecule has 0 saturated carbocycles. The van der Waals surface area contributed by atoms with Gasteiger partial charge in [0.15, 0.2) is 5.16 Å². The molecule has 17 heavy (non-hydrogen) atoms. The van der Waals surface area contributed by atoms with Crippen LogP contribution in [0.4, 0.5) is 5.69 Å². The summed E-state index contributed by atoms with van der Waals surface area (Å²) in [5.74, 6) is -1.07. The normalized spacial score (nSPS) is 10.4. The third-order valence-electron chi connectivity index (χ3n) is 1.91. The van der Waals surface area contributed by atoms with E-state index in [1.54, 1.807) is 0 Å². The average Bonchev–Trinajstić information content (AvgIpc) is 2.75. The van der Waals surface area contributed by atoms with E-state index in [1.165, 1.54) is 30.2 Å². The van der Waals surface area contributed by atoms with Crippen molar-refractivity contribution in [3.63, 3.8) is 0 Å². The van der Waals surface area contributed by atoms with E-state index in [-0.39, 0.29) is 16.3 Å². The standard InChI is InChI=1S/C9H7ClN4O2S/c10-5-1-4(8(15)16)2-6(11)7(5)17-9-12-3-13-14-9/h1-3H,11H2,(H,15,16)(H,12,13,14). The molecule has 6 nitrogen and oxygen atoms in total. The van der Waals surface area contributed by atoms with Crippen LogP contribution in [-0.4, -0.2) is 26.3 Å². The Balaban J connectivity index is 2.38. The summed E-state index contributed by atoms with van der Waals surface area (Å²) in [5.41, 5.74) is 6.08. The molecule has 88 valence electrons. The molecule has 0 atom stereocenters. The van der Waals surface area contributed by atoms with E-state index in [1.807, 2.05) is 0 Å². The van der Waals surface area contributed by atoms with Crippen LogP contribution in [0.2, 0.25) is 5.02 Å². The lowest BCUT2D eigenvalue weighted by atomic mass is 10.2. The number of hydrogen-bond donors (Lipinski definition) is 3. The van der Waals surface area contributed by atoms with Crippen LogP contribution in [0.1, 0.15) is 10.4 Å². The number of aromatic nitrogens is 3. The molecule has 0 amide bonds. The van der Waals surface area contributed by atoms with Crippen molar-refractivity contribution in [1.82, 2.24) is 15.2 Å². The van der Waals surface area contributed by atoms with Gasteiger partial charge >= 0.3 is 5.97 Å². The van der Waals surface area contributed by atoms with Crippen LogP contribution >= 0.6 is 23.4 Å². The highest BCUT2D eigenvalue weighted by molar-refractivity contribution is 7.99. The van der Waals surface area contributed by atoms with E-state index < -0.39 is 5.97 Å². The van der Waals surface area contributed by atoms with Crippen LogP contribution in [-0.2, 0) is 0 Å². The van der Waals surface area contributed by atoms with E-state index in [0.29, 0.717) is 10.1 Å². The van der Waals surface area contributed by atoms with Crippen molar-refractivity contribution in [3.05, 3.63) is 29.0 Å². The number of carbonyl (C=O) groups is 1. The largest absolute Gasteiger partial charge is 0.478 e. The van der Waals surface area contributed by atoms with Crippen molar-refractivity contribution >= 4 is 35.0 Å². The van der Waals surface area contributed by atoms with Gasteiger partial charge in [0.2, 0.25) is 0 Å². The summed E-state index contributed by atoms with van der Waals surface area (Å²) >= 11 is 7.16. The minimum atomic E-state index is -1.07. The smallest absolute Gasteiger partial charge is 0.335 e. The predicted molar refractivity (Wildman–Crippen MR) is 63.3 cm³/mol. The lowest BCUT2D eigenvalue weighted by Gasteiger charge is -2.07. The third-order valence-corrected chi connectivity index (χ3v) is 3.37. The van der Waals surface area contributed by atoms with Crippen molar-refractivity contribution in [2.75, 3.05) is 5.73 Å². The molecule has 2 rings (SSSR count). The molecule has 0 aliphatic carbocycles. The van der Waals surface area contributed by atoms with Gasteiger partial charge in [-0.2, -0.15) is 5.10 Å². The second-order valence-electron chi connectivity index (χ2n) is 3.07. The maximum Gasteiger partial charge on any atom is 0.335 e. The Kier molecular flexibility index (Phi) is 3.21. The number of nitrogen functional groups attached to an aromatic ring is 1. The molecule has 2 aromatic rings. The van der Waals surface area contributed by atoms with Gasteiger partial charge in [0.25, 0.3) is 0 Å². The molecule has 8 heteroatoms. The molecule has 0 unspecified atom stereocenters. The summed E-state index contributed by atoms with van der Waals surface area (Å²) in [6.45, 7) is 0. The Bertz CT molecular complexity index is 535. The van der Waals surface area contributed by atoms with Gasteiger partial charge in [-0.25, -0.2) is 9.78 Å². The van der Waals surface area contributed by atoms with Crippen LogP contribution in [0.5, 0.6) is 0 Å². The van der Waals surface area contributed by atoms with Crippen LogP contribution < -0.4 is 5.73 Å². The molecule has 4 N–H and O–H groups in total. The molecule has 0 bridgehead atoms. The van der Waals surface area contributed by atoms with Gasteiger partial charge in [-0.15, -0.1) is 0 Å². The fraction of sp³-hybridized carbons (Fsp3) is 0. The van der Waals surface area contributed by atoms with Crippen molar-refractivity contribution in [1.29, 1.82) is 0 Å². The molecular formula is C9H7ClN4O2S. The average molecular weight is 271 g/mol. The molecule has 0 aliphatic rings. The molecular weight excluding hydrogens is 264 g/mol. The molecule has 0 aliphatic heterocycles. The second-order valence-corrected chi connectivity index (χ2v) is 4.48. The SMILES string of the molecule is Nc1cc(C(=O)O)cc(Cl)c1Sc1ncn[nH]1. The first kappa shape index (κ1) is 11.7. The maximum absolute atomic E-state index is 10.8. The number of anilines is 1. The topological polar surface area (TPSA) is 105 Å². The number of carboxylic acids is 1. The van der Waals surface area contributed by atoms with Crippen LogP contribution in [0.15, 0.2) is 28.5 Å². The Morgan fingerprint density at radius 1 is 1.53 bits per heavy atom. The first-order valence-electron chi connectivity index (χ1n) is 4.43. The monoisotopic (exact) mass is 270 g/mol. The molecule has 0 radical (unpaired) electrons. The quantitative estimate of drug-likeness (QED) is 0.736. The number of nitrogens with zero attached hydrogens (tertiary/aromatic N) is 2. The van der Waals surface area contributed by atoms with Crippen LogP contribution in [0.25, 0.3) is 0 Å². The van der Waals surface area contributed by atoms with Crippen molar-refractivity contribution in [3.8, 4) is 0 Å². The lowest BCUT2D eigenvalue weighted by Crippen LogP contribution is -1.99. The predicted octanol–water partition coefficient (Wildman–Crippen LogP) is 1.89. The molecule has 0 saturated heterocycles. The van der Waals surface area contributed by atoms with Crippen molar-refractivity contribution in [2.24, 2.45) is 0 Å². The zero-order valence-electron chi connectivity index (χ0n) is 8.35. The molecule has 0 fully saturated rings. The zero-order valence-corrected chi connectivity index (χ0v) is 9.92. The van der Waals surface area contributed by atoms with Gasteiger partial charge in [-0.05, 0) is 23.9 Å². The first-order chi connectivity index (χ1) is 8.08. The number of hydrogen-bond acceptors (Lipinski definition) is 5. The summed E-state index contributed by atoms with van der Waals surface area (Å²) in [6, 6.07) is 2.70. The fourth-order valence-corrected chi connectivity index (χ4v) is 2.25. The van der Waals surface area contributed by atoms with Gasteiger partial charge in [0.05, 0.1) is 15.5 Å². The van der Waals surface area contributed by atoms with E-state index in [0.717, 1.165) is 0 Å². The van der Waals surface area contributed by atoms with E-state index in [9.17, 15) is 4.79 Å². The Morgan fingerprint density at radius 3 is 2.82 bits per heavy atom. The molecule has 1 aromatic carbocycles. The number of rotatable bonds is 3. The summed E-state index contributed by atoms with van der Waals surface area (Å²) in [6.07, 6.45) is 1.36. The number of H-pyrrole nitrogens is 1. The minimum Gasteiger partial charge on any atom is -0.478 e. The number of halogens is 1. The van der Waals surface area contributed by atoms with Gasteiger partial charge in [-0.3, -0.25) is 5.10 Å². The summed E-state index contributed by atoms with van der Waals surface area (Å²) < 4.78 is 0.